The number of nitrogens with one attached hydrogen (secondary N) is 1. The molecular weight excluding hydrogens is 438 g/mol. The largest absolute Gasteiger partial charge is 0.462 e. The summed E-state index contributed by atoms with van der Waals surface area (Å²) in [5.74, 6) is 0.979. The van der Waals surface area contributed by atoms with E-state index in [2.05, 4.69) is 29.6 Å². The third-order valence-electron chi connectivity index (χ3n) is 6.50. The van der Waals surface area contributed by atoms with E-state index in [0.29, 0.717) is 34.8 Å². The fraction of sp³-hybridized carbons (Fsp3) is 0.538. The van der Waals surface area contributed by atoms with E-state index in [-0.39, 0.29) is 11.9 Å². The van der Waals surface area contributed by atoms with Crippen molar-refractivity contribution in [2.24, 2.45) is 0 Å². The second kappa shape index (κ2) is 11.4. The minimum absolute atomic E-state index is 0.00272. The Kier molecular flexibility index (Phi) is 8.31. The van der Waals surface area contributed by atoms with E-state index in [9.17, 15) is 9.59 Å². The van der Waals surface area contributed by atoms with Gasteiger partial charge in [0.05, 0.1) is 12.2 Å². The van der Waals surface area contributed by atoms with Gasteiger partial charge in [0, 0.05) is 22.3 Å². The molecule has 1 N–H and O–H groups in total. The summed E-state index contributed by atoms with van der Waals surface area (Å²) < 4.78 is 5.36. The SMILES string of the molecule is CCOC(=O)c1c(NC(=O)CCSC2CCCCC2)sc2c1CCC(c1ccccc1)C2. The van der Waals surface area contributed by atoms with Crippen LogP contribution in [0.15, 0.2) is 30.3 Å². The Labute approximate surface area is 199 Å². The van der Waals surface area contributed by atoms with Gasteiger partial charge in [-0.15, -0.1) is 11.3 Å². The Morgan fingerprint density at radius 3 is 2.66 bits per heavy atom. The van der Waals surface area contributed by atoms with Crippen LogP contribution < -0.4 is 5.32 Å². The molecule has 6 heteroatoms. The second-order valence-corrected chi connectivity index (χ2v) is 11.2. The maximum absolute atomic E-state index is 12.8. The molecule has 0 saturated heterocycles. The minimum atomic E-state index is -0.310. The summed E-state index contributed by atoms with van der Waals surface area (Å²) in [4.78, 5) is 26.7. The number of thiophene rings is 1. The number of amides is 1. The molecule has 0 bridgehead atoms. The van der Waals surface area contributed by atoms with Crippen molar-refractivity contribution in [1.82, 2.24) is 0 Å². The number of hydrogen-bond acceptors (Lipinski definition) is 5. The zero-order chi connectivity index (χ0) is 22.3. The summed E-state index contributed by atoms with van der Waals surface area (Å²) in [7, 11) is 0. The molecule has 1 amide bonds. The number of rotatable bonds is 8. The number of anilines is 1. The highest BCUT2D eigenvalue weighted by Gasteiger charge is 2.30. The van der Waals surface area contributed by atoms with Crippen LogP contribution in [-0.4, -0.2) is 29.5 Å². The molecule has 1 aromatic heterocycles. The van der Waals surface area contributed by atoms with Gasteiger partial charge in [-0.2, -0.15) is 11.8 Å². The Morgan fingerprint density at radius 1 is 1.12 bits per heavy atom. The quantitative estimate of drug-likeness (QED) is 0.441. The van der Waals surface area contributed by atoms with Gasteiger partial charge in [-0.05, 0) is 56.1 Å². The van der Waals surface area contributed by atoms with E-state index in [1.54, 1.807) is 11.3 Å². The van der Waals surface area contributed by atoms with E-state index in [0.717, 1.165) is 30.6 Å². The maximum Gasteiger partial charge on any atom is 0.341 e. The monoisotopic (exact) mass is 471 g/mol. The van der Waals surface area contributed by atoms with Crippen molar-refractivity contribution in [2.75, 3.05) is 17.7 Å². The lowest BCUT2D eigenvalue weighted by atomic mass is 9.83. The number of esters is 1. The molecule has 0 radical (unpaired) electrons. The van der Waals surface area contributed by atoms with Crippen LogP contribution >= 0.6 is 23.1 Å². The predicted octanol–water partition coefficient (Wildman–Crippen LogP) is 6.59. The molecule has 1 saturated carbocycles. The molecule has 1 heterocycles. The first-order valence-corrected chi connectivity index (χ1v) is 13.8. The van der Waals surface area contributed by atoms with Gasteiger partial charge in [-0.1, -0.05) is 49.6 Å². The van der Waals surface area contributed by atoms with Crippen molar-refractivity contribution in [3.63, 3.8) is 0 Å². The summed E-state index contributed by atoms with van der Waals surface area (Å²) >= 11 is 3.50. The van der Waals surface area contributed by atoms with Crippen LogP contribution in [0.3, 0.4) is 0 Å². The van der Waals surface area contributed by atoms with E-state index in [1.807, 2.05) is 24.8 Å². The zero-order valence-corrected chi connectivity index (χ0v) is 20.5. The number of benzene rings is 1. The van der Waals surface area contributed by atoms with Gasteiger partial charge in [0.25, 0.3) is 0 Å². The molecule has 0 aliphatic heterocycles. The third-order valence-corrected chi connectivity index (χ3v) is 9.06. The fourth-order valence-corrected chi connectivity index (χ4v) is 7.48. The lowest BCUT2D eigenvalue weighted by molar-refractivity contribution is -0.115. The molecular formula is C26H33NO3S2. The highest BCUT2D eigenvalue weighted by molar-refractivity contribution is 7.99. The summed E-state index contributed by atoms with van der Waals surface area (Å²) in [6, 6.07) is 10.6. The summed E-state index contributed by atoms with van der Waals surface area (Å²) in [5, 5.41) is 4.44. The smallest absolute Gasteiger partial charge is 0.341 e. The number of carbonyl (C=O) groups excluding carboxylic acids is 2. The molecule has 1 atom stereocenters. The van der Waals surface area contributed by atoms with Crippen molar-refractivity contribution in [3.8, 4) is 0 Å². The van der Waals surface area contributed by atoms with Crippen LogP contribution in [0.4, 0.5) is 5.00 Å². The van der Waals surface area contributed by atoms with Crippen LogP contribution in [0, 0.1) is 0 Å². The molecule has 2 aromatic rings. The molecule has 4 rings (SSSR count). The lowest BCUT2D eigenvalue weighted by Crippen LogP contribution is -2.17. The van der Waals surface area contributed by atoms with Gasteiger partial charge in [0.1, 0.15) is 5.00 Å². The van der Waals surface area contributed by atoms with Crippen molar-refractivity contribution in [3.05, 3.63) is 51.9 Å². The predicted molar refractivity (Wildman–Crippen MR) is 134 cm³/mol. The van der Waals surface area contributed by atoms with Gasteiger partial charge in [-0.3, -0.25) is 4.79 Å². The Bertz CT molecular complexity index is 919. The molecule has 1 unspecified atom stereocenters. The van der Waals surface area contributed by atoms with Crippen LogP contribution in [0.25, 0.3) is 0 Å². The normalized spacial score (nSPS) is 18.7. The van der Waals surface area contributed by atoms with Gasteiger partial charge in [-0.25, -0.2) is 4.79 Å². The van der Waals surface area contributed by atoms with Crippen molar-refractivity contribution in [1.29, 1.82) is 0 Å². The highest BCUT2D eigenvalue weighted by atomic mass is 32.2. The van der Waals surface area contributed by atoms with Gasteiger partial charge < -0.3 is 10.1 Å². The lowest BCUT2D eigenvalue weighted by Gasteiger charge is -2.23. The van der Waals surface area contributed by atoms with Crippen LogP contribution in [0.2, 0.25) is 0 Å². The molecule has 1 fully saturated rings. The average molecular weight is 472 g/mol. The fourth-order valence-electron chi connectivity index (χ4n) is 4.84. The summed E-state index contributed by atoms with van der Waals surface area (Å²) in [5.41, 5.74) is 3.01. The minimum Gasteiger partial charge on any atom is -0.462 e. The molecule has 2 aliphatic carbocycles. The third kappa shape index (κ3) is 5.76. The Morgan fingerprint density at radius 2 is 1.91 bits per heavy atom. The van der Waals surface area contributed by atoms with Crippen molar-refractivity contribution in [2.45, 2.75) is 75.9 Å². The topological polar surface area (TPSA) is 55.4 Å². The molecule has 4 nitrogen and oxygen atoms in total. The van der Waals surface area contributed by atoms with Gasteiger partial charge in [0.15, 0.2) is 0 Å². The molecule has 0 spiro atoms. The summed E-state index contributed by atoms with van der Waals surface area (Å²) in [6.45, 7) is 2.16. The molecule has 2 aliphatic rings. The first kappa shape index (κ1) is 23.4. The average Bonchev–Trinajstić information content (AvgIpc) is 3.17. The standard InChI is InChI=1S/C26H33NO3S2/c1-2-30-26(29)24-21-14-13-19(18-9-5-3-6-10-18)17-22(21)32-25(24)27-23(28)15-16-31-20-11-7-4-8-12-20/h3,5-6,9-10,19-20H,2,4,7-8,11-17H2,1H3,(H,27,28). The van der Waals surface area contributed by atoms with E-state index >= 15 is 0 Å². The first-order chi connectivity index (χ1) is 15.7. The van der Waals surface area contributed by atoms with Gasteiger partial charge >= 0.3 is 5.97 Å². The first-order valence-electron chi connectivity index (χ1n) is 11.9. The number of fused-ring (bicyclic) bond motifs is 1. The second-order valence-electron chi connectivity index (χ2n) is 8.71. The van der Waals surface area contributed by atoms with E-state index < -0.39 is 0 Å². The molecule has 32 heavy (non-hydrogen) atoms. The van der Waals surface area contributed by atoms with Gasteiger partial charge in [0.2, 0.25) is 5.91 Å². The number of thioether (sulfide) groups is 1. The van der Waals surface area contributed by atoms with Crippen molar-refractivity contribution < 1.29 is 14.3 Å². The zero-order valence-electron chi connectivity index (χ0n) is 18.9. The van der Waals surface area contributed by atoms with Crippen LogP contribution in [0.5, 0.6) is 0 Å². The highest BCUT2D eigenvalue weighted by Crippen LogP contribution is 2.43. The van der Waals surface area contributed by atoms with Crippen molar-refractivity contribution >= 4 is 40.0 Å². The Hall–Kier alpha value is -1.79. The number of carbonyl (C=O) groups is 2. The number of ether oxygens (including phenoxy) is 1. The van der Waals surface area contributed by atoms with E-state index in [4.69, 9.17) is 4.74 Å². The molecule has 1 aromatic carbocycles. The van der Waals surface area contributed by atoms with Crippen LogP contribution in [0.1, 0.15) is 84.1 Å². The number of hydrogen-bond donors (Lipinski definition) is 1. The molecule has 172 valence electrons. The summed E-state index contributed by atoms with van der Waals surface area (Å²) in [6.07, 6.45) is 9.78. The Balaban J connectivity index is 1.44. The van der Waals surface area contributed by atoms with E-state index in [1.165, 1.54) is 42.5 Å². The van der Waals surface area contributed by atoms with Crippen LogP contribution in [-0.2, 0) is 22.4 Å². The maximum atomic E-state index is 12.8.